The number of methoxy groups -OCH3 is 1. The van der Waals surface area contributed by atoms with Crippen molar-refractivity contribution in [3.05, 3.63) is 76.3 Å². The predicted molar refractivity (Wildman–Crippen MR) is 118 cm³/mol. The molecule has 3 aromatic rings. The Morgan fingerprint density at radius 2 is 1.79 bits per heavy atom. The van der Waals surface area contributed by atoms with E-state index in [-0.39, 0.29) is 30.8 Å². The van der Waals surface area contributed by atoms with E-state index in [1.165, 1.54) is 0 Å². The normalized spacial score (nSPS) is 11.7. The average molecular weight is 455 g/mol. The lowest BCUT2D eigenvalue weighted by Crippen LogP contribution is -2.32. The van der Waals surface area contributed by atoms with Crippen molar-refractivity contribution in [1.29, 1.82) is 0 Å². The van der Waals surface area contributed by atoms with Gasteiger partial charge in [0.25, 0.3) is 5.91 Å². The van der Waals surface area contributed by atoms with Crippen molar-refractivity contribution in [2.45, 2.75) is 19.4 Å². The second-order valence-corrected chi connectivity index (χ2v) is 7.61. The minimum absolute atomic E-state index is 0.122. The van der Waals surface area contributed by atoms with Crippen LogP contribution < -0.4 is 15.4 Å². The van der Waals surface area contributed by atoms with Crippen LogP contribution in [0.3, 0.4) is 0 Å². The molecule has 1 unspecified atom stereocenters. The fraction of sp³-hybridized carbons (Fsp3) is 0.217. The summed E-state index contributed by atoms with van der Waals surface area (Å²) in [7, 11) is 1.61. The van der Waals surface area contributed by atoms with Crippen molar-refractivity contribution in [1.82, 2.24) is 10.6 Å². The molecule has 0 aromatic heterocycles. The fourth-order valence-electron chi connectivity index (χ4n) is 3.07. The van der Waals surface area contributed by atoms with Crippen molar-refractivity contribution in [2.24, 2.45) is 0 Å². The van der Waals surface area contributed by atoms with E-state index in [0.29, 0.717) is 5.56 Å². The lowest BCUT2D eigenvalue weighted by Gasteiger charge is -2.16. The van der Waals surface area contributed by atoms with Gasteiger partial charge in [0, 0.05) is 18.5 Å². The average Bonchev–Trinajstić information content (AvgIpc) is 2.73. The van der Waals surface area contributed by atoms with Gasteiger partial charge in [-0.2, -0.15) is 0 Å². The zero-order chi connectivity index (χ0) is 20.8. The number of carbonyl (C=O) groups is 2. The molecular formula is C23H23BrN2O3. The van der Waals surface area contributed by atoms with Crippen LogP contribution in [0.4, 0.5) is 0 Å². The molecule has 3 rings (SSSR count). The molecule has 29 heavy (non-hydrogen) atoms. The first kappa shape index (κ1) is 20.9. The minimum atomic E-state index is -0.185. The molecule has 1 atom stereocenters. The summed E-state index contributed by atoms with van der Waals surface area (Å²) in [5.74, 6) is 0.433. The van der Waals surface area contributed by atoms with Gasteiger partial charge in [0.05, 0.1) is 17.6 Å². The number of carbonyl (C=O) groups excluding carboxylic acids is 2. The van der Waals surface area contributed by atoms with Gasteiger partial charge in [-0.15, -0.1) is 0 Å². The van der Waals surface area contributed by atoms with Crippen LogP contribution in [-0.4, -0.2) is 25.5 Å². The first-order valence-electron chi connectivity index (χ1n) is 9.37. The lowest BCUT2D eigenvalue weighted by molar-refractivity contribution is -0.121. The van der Waals surface area contributed by atoms with Crippen molar-refractivity contribution in [3.63, 3.8) is 0 Å². The Hall–Kier alpha value is -2.86. The van der Waals surface area contributed by atoms with Gasteiger partial charge >= 0.3 is 0 Å². The van der Waals surface area contributed by atoms with Gasteiger partial charge < -0.3 is 15.4 Å². The number of benzene rings is 3. The van der Waals surface area contributed by atoms with E-state index >= 15 is 0 Å². The Kier molecular flexibility index (Phi) is 6.88. The van der Waals surface area contributed by atoms with Crippen molar-refractivity contribution in [3.8, 4) is 5.75 Å². The van der Waals surface area contributed by atoms with E-state index in [9.17, 15) is 9.59 Å². The molecule has 3 aromatic carbocycles. The molecule has 0 aliphatic heterocycles. The molecule has 0 spiro atoms. The molecule has 0 radical (unpaired) electrons. The molecule has 0 bridgehead atoms. The summed E-state index contributed by atoms with van der Waals surface area (Å²) >= 11 is 3.45. The van der Waals surface area contributed by atoms with Crippen molar-refractivity contribution >= 4 is 38.5 Å². The molecule has 0 aliphatic rings. The van der Waals surface area contributed by atoms with Crippen LogP contribution in [0.15, 0.2) is 65.1 Å². The van der Waals surface area contributed by atoms with Crippen LogP contribution in [0.25, 0.3) is 10.8 Å². The highest BCUT2D eigenvalue weighted by atomic mass is 79.9. The van der Waals surface area contributed by atoms with Gasteiger partial charge in [0.15, 0.2) is 0 Å². The smallest absolute Gasteiger partial charge is 0.251 e. The Morgan fingerprint density at radius 1 is 1.03 bits per heavy atom. The molecule has 0 fully saturated rings. The Balaban J connectivity index is 1.49. The Bertz CT molecular complexity index is 1040. The second-order valence-electron chi connectivity index (χ2n) is 6.75. The SMILES string of the molecule is COc1ccc(C(C)NC(=O)CCNC(=O)c2ccc3ccccc3c2)cc1Br. The van der Waals surface area contributed by atoms with E-state index in [1.54, 1.807) is 13.2 Å². The largest absolute Gasteiger partial charge is 0.496 e. The van der Waals surface area contributed by atoms with E-state index in [4.69, 9.17) is 4.74 Å². The van der Waals surface area contributed by atoms with Gasteiger partial charge in [0.2, 0.25) is 5.91 Å². The molecule has 6 heteroatoms. The molecule has 0 aliphatic carbocycles. The summed E-state index contributed by atoms with van der Waals surface area (Å²) in [5, 5.41) is 7.85. The summed E-state index contributed by atoms with van der Waals surface area (Å²) in [6.45, 7) is 2.19. The number of rotatable bonds is 7. The van der Waals surface area contributed by atoms with E-state index in [1.807, 2.05) is 61.5 Å². The number of fused-ring (bicyclic) bond motifs is 1. The highest BCUT2D eigenvalue weighted by molar-refractivity contribution is 9.10. The second kappa shape index (κ2) is 9.56. The predicted octanol–water partition coefficient (Wildman–Crippen LogP) is 4.61. The molecule has 0 heterocycles. The van der Waals surface area contributed by atoms with Gasteiger partial charge in [-0.25, -0.2) is 0 Å². The maximum absolute atomic E-state index is 12.4. The summed E-state index contributed by atoms with van der Waals surface area (Å²) in [6.07, 6.45) is 0.209. The summed E-state index contributed by atoms with van der Waals surface area (Å²) in [6, 6.07) is 19.0. The van der Waals surface area contributed by atoms with Crippen LogP contribution in [0.2, 0.25) is 0 Å². The van der Waals surface area contributed by atoms with Gasteiger partial charge in [0.1, 0.15) is 5.75 Å². The Labute approximate surface area is 178 Å². The maximum atomic E-state index is 12.4. The van der Waals surface area contributed by atoms with Crippen molar-refractivity contribution in [2.75, 3.05) is 13.7 Å². The summed E-state index contributed by atoms with van der Waals surface area (Å²) in [4.78, 5) is 24.6. The molecule has 2 amide bonds. The monoisotopic (exact) mass is 454 g/mol. The highest BCUT2D eigenvalue weighted by Gasteiger charge is 2.12. The van der Waals surface area contributed by atoms with Crippen LogP contribution in [0, 0.1) is 0 Å². The highest BCUT2D eigenvalue weighted by Crippen LogP contribution is 2.28. The van der Waals surface area contributed by atoms with E-state index < -0.39 is 0 Å². The van der Waals surface area contributed by atoms with E-state index in [2.05, 4.69) is 26.6 Å². The maximum Gasteiger partial charge on any atom is 0.251 e. The molecule has 0 saturated carbocycles. The molecule has 2 N–H and O–H groups in total. The minimum Gasteiger partial charge on any atom is -0.496 e. The van der Waals surface area contributed by atoms with E-state index in [0.717, 1.165) is 26.6 Å². The lowest BCUT2D eigenvalue weighted by atomic mass is 10.1. The van der Waals surface area contributed by atoms with Crippen LogP contribution in [0.5, 0.6) is 5.75 Å². The number of nitrogens with one attached hydrogen (secondary N) is 2. The van der Waals surface area contributed by atoms with Crippen LogP contribution >= 0.6 is 15.9 Å². The third-order valence-corrected chi connectivity index (χ3v) is 5.32. The number of amides is 2. The summed E-state index contributed by atoms with van der Waals surface area (Å²) < 4.78 is 6.06. The van der Waals surface area contributed by atoms with Crippen molar-refractivity contribution < 1.29 is 14.3 Å². The van der Waals surface area contributed by atoms with Gasteiger partial charge in [-0.05, 0) is 63.5 Å². The number of hydrogen-bond donors (Lipinski definition) is 2. The molecular weight excluding hydrogens is 432 g/mol. The first-order chi connectivity index (χ1) is 14.0. The molecule has 0 saturated heterocycles. The van der Waals surface area contributed by atoms with Gasteiger partial charge in [-0.1, -0.05) is 36.4 Å². The standard InChI is InChI=1S/C23H23BrN2O3/c1-15(17-9-10-21(29-2)20(24)14-17)26-22(27)11-12-25-23(28)19-8-7-16-5-3-4-6-18(16)13-19/h3-10,13-15H,11-12H2,1-2H3,(H,25,28)(H,26,27). The third-order valence-electron chi connectivity index (χ3n) is 4.70. The zero-order valence-corrected chi connectivity index (χ0v) is 18.0. The fourth-order valence-corrected chi connectivity index (χ4v) is 3.63. The summed E-state index contributed by atoms with van der Waals surface area (Å²) in [5.41, 5.74) is 1.55. The van der Waals surface area contributed by atoms with Crippen LogP contribution in [-0.2, 0) is 4.79 Å². The number of hydrogen-bond acceptors (Lipinski definition) is 3. The Morgan fingerprint density at radius 3 is 2.52 bits per heavy atom. The number of halogens is 1. The zero-order valence-electron chi connectivity index (χ0n) is 16.4. The molecule has 5 nitrogen and oxygen atoms in total. The third kappa shape index (κ3) is 5.35. The van der Waals surface area contributed by atoms with Crippen LogP contribution in [0.1, 0.15) is 35.3 Å². The quantitative estimate of drug-likeness (QED) is 0.547. The molecule has 150 valence electrons. The topological polar surface area (TPSA) is 67.4 Å². The first-order valence-corrected chi connectivity index (χ1v) is 10.2. The van der Waals surface area contributed by atoms with Gasteiger partial charge in [-0.3, -0.25) is 9.59 Å². The number of ether oxygens (including phenoxy) is 1.